The minimum absolute atomic E-state index is 0.122. The van der Waals surface area contributed by atoms with E-state index in [2.05, 4.69) is 5.10 Å². The molecule has 1 saturated heterocycles. The number of nitrogens with zero attached hydrogens (tertiary/aromatic N) is 3. The number of carbonyl (C=O) groups is 1. The summed E-state index contributed by atoms with van der Waals surface area (Å²) in [5.41, 5.74) is 2.04. The van der Waals surface area contributed by atoms with Crippen molar-refractivity contribution in [3.63, 3.8) is 0 Å². The van der Waals surface area contributed by atoms with E-state index in [1.54, 1.807) is 18.1 Å². The summed E-state index contributed by atoms with van der Waals surface area (Å²) in [5, 5.41) is 4.41. The Bertz CT molecular complexity index is 1080. The topological polar surface area (TPSA) is 73.7 Å². The molecule has 0 aliphatic carbocycles. The molecule has 0 saturated carbocycles. The van der Waals surface area contributed by atoms with Crippen molar-refractivity contribution in [3.05, 3.63) is 82.6 Å². The number of hydrogen-bond donors (Lipinski definition) is 0. The van der Waals surface area contributed by atoms with Crippen molar-refractivity contribution in [1.82, 2.24) is 14.7 Å². The molecule has 1 atom stereocenters. The fraction of sp³-hybridized carbons (Fsp3) is 0.261. The maximum atomic E-state index is 12.9. The highest BCUT2D eigenvalue weighted by molar-refractivity contribution is 5.76. The summed E-state index contributed by atoms with van der Waals surface area (Å²) >= 11 is 0. The van der Waals surface area contributed by atoms with Crippen molar-refractivity contribution < 1.29 is 14.3 Å². The minimum Gasteiger partial charge on any atom is -0.496 e. The maximum Gasteiger partial charge on any atom is 0.267 e. The molecule has 154 valence electrons. The lowest BCUT2D eigenvalue weighted by Gasteiger charge is -2.33. The number of para-hydroxylation sites is 1. The number of amides is 1. The zero-order valence-corrected chi connectivity index (χ0v) is 16.7. The van der Waals surface area contributed by atoms with E-state index < -0.39 is 0 Å². The summed E-state index contributed by atoms with van der Waals surface area (Å²) in [4.78, 5) is 27.0. The monoisotopic (exact) mass is 405 g/mol. The number of methoxy groups -OCH3 is 1. The third kappa shape index (κ3) is 4.26. The van der Waals surface area contributed by atoms with Crippen LogP contribution in [-0.2, 0) is 16.1 Å². The molecule has 1 aliphatic rings. The zero-order chi connectivity index (χ0) is 20.9. The zero-order valence-electron chi connectivity index (χ0n) is 16.7. The first-order chi connectivity index (χ1) is 14.7. The van der Waals surface area contributed by atoms with Crippen molar-refractivity contribution in [2.24, 2.45) is 0 Å². The average molecular weight is 405 g/mol. The van der Waals surface area contributed by atoms with E-state index in [-0.39, 0.29) is 24.1 Å². The van der Waals surface area contributed by atoms with E-state index in [4.69, 9.17) is 9.47 Å². The molecular weight excluding hydrogens is 382 g/mol. The SMILES string of the molecule is COc1ccccc1-c1ccc(=O)n(CC(=O)N2CCOC(c3ccccc3)C2)n1. The quantitative estimate of drug-likeness (QED) is 0.652. The number of hydrogen-bond acceptors (Lipinski definition) is 5. The summed E-state index contributed by atoms with van der Waals surface area (Å²) in [6.45, 7) is 1.27. The van der Waals surface area contributed by atoms with Gasteiger partial charge in [0, 0.05) is 18.2 Å². The Morgan fingerprint density at radius 2 is 1.87 bits per heavy atom. The number of rotatable bonds is 5. The van der Waals surface area contributed by atoms with Gasteiger partial charge in [0.05, 0.1) is 26.0 Å². The smallest absolute Gasteiger partial charge is 0.267 e. The lowest BCUT2D eigenvalue weighted by molar-refractivity contribution is -0.139. The van der Waals surface area contributed by atoms with Gasteiger partial charge in [-0.1, -0.05) is 42.5 Å². The first kappa shape index (κ1) is 19.8. The van der Waals surface area contributed by atoms with Gasteiger partial charge in [-0.3, -0.25) is 9.59 Å². The van der Waals surface area contributed by atoms with Gasteiger partial charge < -0.3 is 14.4 Å². The molecular formula is C23H23N3O4. The predicted octanol–water partition coefficient (Wildman–Crippen LogP) is 2.52. The van der Waals surface area contributed by atoms with Crippen molar-refractivity contribution >= 4 is 5.91 Å². The van der Waals surface area contributed by atoms with Crippen molar-refractivity contribution in [2.75, 3.05) is 26.8 Å². The first-order valence-corrected chi connectivity index (χ1v) is 9.81. The Morgan fingerprint density at radius 1 is 1.10 bits per heavy atom. The third-order valence-electron chi connectivity index (χ3n) is 5.13. The van der Waals surface area contributed by atoms with Gasteiger partial charge in [-0.05, 0) is 23.8 Å². The number of morpholine rings is 1. The van der Waals surface area contributed by atoms with Crippen LogP contribution in [0, 0.1) is 0 Å². The summed E-state index contributed by atoms with van der Waals surface area (Å²) in [7, 11) is 1.58. The molecule has 2 aromatic carbocycles. The highest BCUT2D eigenvalue weighted by Crippen LogP contribution is 2.27. The Labute approximate surface area is 174 Å². The van der Waals surface area contributed by atoms with Crippen LogP contribution in [0.4, 0.5) is 0 Å². The average Bonchev–Trinajstić information content (AvgIpc) is 2.81. The van der Waals surface area contributed by atoms with Crippen LogP contribution in [0.3, 0.4) is 0 Å². The number of benzene rings is 2. The lowest BCUT2D eigenvalue weighted by atomic mass is 10.1. The normalized spacial score (nSPS) is 16.3. The van der Waals surface area contributed by atoms with Crippen LogP contribution in [0.1, 0.15) is 11.7 Å². The summed E-state index contributed by atoms with van der Waals surface area (Å²) in [5.74, 6) is 0.492. The summed E-state index contributed by atoms with van der Waals surface area (Å²) in [6.07, 6.45) is -0.173. The van der Waals surface area contributed by atoms with Crippen LogP contribution in [0.2, 0.25) is 0 Å². The fourth-order valence-electron chi connectivity index (χ4n) is 3.54. The molecule has 0 radical (unpaired) electrons. The number of carbonyl (C=O) groups excluding carboxylic acids is 1. The van der Waals surface area contributed by atoms with Crippen LogP contribution in [0.15, 0.2) is 71.5 Å². The molecule has 4 rings (SSSR count). The molecule has 1 fully saturated rings. The van der Waals surface area contributed by atoms with E-state index in [0.717, 1.165) is 11.1 Å². The predicted molar refractivity (Wildman–Crippen MR) is 112 cm³/mol. The van der Waals surface area contributed by atoms with Crippen LogP contribution >= 0.6 is 0 Å². The van der Waals surface area contributed by atoms with Crippen LogP contribution in [0.25, 0.3) is 11.3 Å². The van der Waals surface area contributed by atoms with Gasteiger partial charge in [-0.15, -0.1) is 0 Å². The molecule has 1 aromatic heterocycles. The minimum atomic E-state index is -0.324. The maximum absolute atomic E-state index is 12.9. The molecule has 7 heteroatoms. The Balaban J connectivity index is 1.52. The van der Waals surface area contributed by atoms with Gasteiger partial charge >= 0.3 is 0 Å². The van der Waals surface area contributed by atoms with Gasteiger partial charge in [0.2, 0.25) is 5.91 Å². The van der Waals surface area contributed by atoms with E-state index in [1.165, 1.54) is 10.7 Å². The Hall–Kier alpha value is -3.45. The van der Waals surface area contributed by atoms with E-state index >= 15 is 0 Å². The van der Waals surface area contributed by atoms with Crippen molar-refractivity contribution in [3.8, 4) is 17.0 Å². The van der Waals surface area contributed by atoms with Gasteiger partial charge in [0.25, 0.3) is 5.56 Å². The van der Waals surface area contributed by atoms with Gasteiger partial charge in [-0.2, -0.15) is 5.10 Å². The Kier molecular flexibility index (Phi) is 5.90. The molecule has 1 unspecified atom stereocenters. The first-order valence-electron chi connectivity index (χ1n) is 9.81. The molecule has 7 nitrogen and oxygen atoms in total. The number of aromatic nitrogens is 2. The Morgan fingerprint density at radius 3 is 2.67 bits per heavy atom. The second kappa shape index (κ2) is 8.92. The van der Waals surface area contributed by atoms with E-state index in [0.29, 0.717) is 31.1 Å². The molecule has 0 N–H and O–H groups in total. The summed E-state index contributed by atoms with van der Waals surface area (Å²) in [6, 6.07) is 20.3. The molecule has 30 heavy (non-hydrogen) atoms. The molecule has 1 aliphatic heterocycles. The number of ether oxygens (including phenoxy) is 2. The second-order valence-corrected chi connectivity index (χ2v) is 7.02. The van der Waals surface area contributed by atoms with E-state index in [9.17, 15) is 9.59 Å². The molecule has 0 bridgehead atoms. The van der Waals surface area contributed by atoms with Crippen LogP contribution in [0.5, 0.6) is 5.75 Å². The molecule has 3 aromatic rings. The van der Waals surface area contributed by atoms with E-state index in [1.807, 2.05) is 54.6 Å². The molecule has 2 heterocycles. The molecule has 1 amide bonds. The largest absolute Gasteiger partial charge is 0.496 e. The van der Waals surface area contributed by atoms with Gasteiger partial charge in [0.15, 0.2) is 0 Å². The third-order valence-corrected chi connectivity index (χ3v) is 5.13. The van der Waals surface area contributed by atoms with Crippen molar-refractivity contribution in [2.45, 2.75) is 12.6 Å². The standard InChI is InChI=1S/C23H23N3O4/c1-29-20-10-6-5-9-18(20)19-11-12-22(27)26(24-19)16-23(28)25-13-14-30-21(15-25)17-7-3-2-4-8-17/h2-12,21H,13-16H2,1H3. The second-order valence-electron chi connectivity index (χ2n) is 7.02. The van der Waals surface area contributed by atoms with Crippen molar-refractivity contribution in [1.29, 1.82) is 0 Å². The van der Waals surface area contributed by atoms with Gasteiger partial charge in [0.1, 0.15) is 18.4 Å². The van der Waals surface area contributed by atoms with Gasteiger partial charge in [-0.25, -0.2) is 4.68 Å². The lowest BCUT2D eigenvalue weighted by Crippen LogP contribution is -2.44. The summed E-state index contributed by atoms with van der Waals surface area (Å²) < 4.78 is 12.4. The highest BCUT2D eigenvalue weighted by Gasteiger charge is 2.25. The fourth-order valence-corrected chi connectivity index (χ4v) is 3.54. The van der Waals surface area contributed by atoms with Crippen LogP contribution in [-0.4, -0.2) is 47.4 Å². The highest BCUT2D eigenvalue weighted by atomic mass is 16.5. The van der Waals surface area contributed by atoms with Crippen LogP contribution < -0.4 is 10.3 Å². The molecule has 0 spiro atoms.